The third-order valence-electron chi connectivity index (χ3n) is 2.67. The van der Waals surface area contributed by atoms with Gasteiger partial charge >= 0.3 is 0 Å². The summed E-state index contributed by atoms with van der Waals surface area (Å²) in [5.41, 5.74) is 0.806. The van der Waals surface area contributed by atoms with Crippen LogP contribution in [0.25, 0.3) is 0 Å². The van der Waals surface area contributed by atoms with Crippen molar-refractivity contribution in [3.05, 3.63) is 47.0 Å². The van der Waals surface area contributed by atoms with E-state index in [0.717, 1.165) is 5.56 Å². The highest BCUT2D eigenvalue weighted by Gasteiger charge is 2.30. The van der Waals surface area contributed by atoms with Crippen LogP contribution in [0.2, 0.25) is 5.02 Å². The maximum absolute atomic E-state index is 10.6. The minimum absolute atomic E-state index is 0.0152. The Morgan fingerprint density at radius 3 is 2.40 bits per heavy atom. The Morgan fingerprint density at radius 2 is 1.90 bits per heavy atom. The predicted molar refractivity (Wildman–Crippen MR) is 82.9 cm³/mol. The lowest BCUT2D eigenvalue weighted by Crippen LogP contribution is -2.17. The Labute approximate surface area is 128 Å². The van der Waals surface area contributed by atoms with Gasteiger partial charge in [-0.2, -0.15) is 5.10 Å². The number of hydrogen-bond donors (Lipinski definition) is 2. The van der Waals surface area contributed by atoms with Gasteiger partial charge in [-0.15, -0.1) is 11.8 Å². The fraction of sp³-hybridized carbons (Fsp3) is 0.429. The number of rotatable bonds is 4. The number of nitrogens with one attached hydrogen (secondary N) is 1. The summed E-state index contributed by atoms with van der Waals surface area (Å²) in [6.45, 7) is 6.31. The maximum Gasteiger partial charge on any atom is 0.166 e. The second-order valence-corrected chi connectivity index (χ2v) is 7.91. The second-order valence-electron chi connectivity index (χ2n) is 5.50. The maximum atomic E-state index is 10.6. The number of nitrogens with zero attached hydrogens (tertiary/aromatic N) is 2. The Kier molecular flexibility index (Phi) is 4.73. The van der Waals surface area contributed by atoms with E-state index in [1.165, 1.54) is 6.33 Å². The van der Waals surface area contributed by atoms with Gasteiger partial charge < -0.3 is 5.11 Å². The number of thioether (sulfide) groups is 1. The molecule has 20 heavy (non-hydrogen) atoms. The molecule has 108 valence electrons. The SMILES string of the molecule is CC(C)(C)SC(c1nc[nH]n1)C(O)c1ccc(Cl)cc1. The van der Waals surface area contributed by atoms with Crippen LogP contribution in [-0.2, 0) is 0 Å². The molecule has 0 aliphatic carbocycles. The molecule has 2 rings (SSSR count). The summed E-state index contributed by atoms with van der Waals surface area (Å²) in [7, 11) is 0. The van der Waals surface area contributed by atoms with E-state index in [2.05, 4.69) is 36.0 Å². The van der Waals surface area contributed by atoms with E-state index < -0.39 is 6.10 Å². The van der Waals surface area contributed by atoms with E-state index in [1.54, 1.807) is 23.9 Å². The molecule has 0 aliphatic heterocycles. The van der Waals surface area contributed by atoms with E-state index in [4.69, 9.17) is 11.6 Å². The Hall–Kier alpha value is -1.04. The van der Waals surface area contributed by atoms with E-state index in [9.17, 15) is 5.11 Å². The van der Waals surface area contributed by atoms with Gasteiger partial charge in [0.25, 0.3) is 0 Å². The summed E-state index contributed by atoms with van der Waals surface area (Å²) in [6.07, 6.45) is 0.840. The number of H-pyrrole nitrogens is 1. The average molecular weight is 312 g/mol. The van der Waals surface area contributed by atoms with Crippen LogP contribution in [0.5, 0.6) is 0 Å². The summed E-state index contributed by atoms with van der Waals surface area (Å²) in [5, 5.41) is 17.9. The molecule has 0 radical (unpaired) electrons. The number of aliphatic hydroxyl groups is 1. The molecule has 0 spiro atoms. The van der Waals surface area contributed by atoms with Crippen molar-refractivity contribution in [2.75, 3.05) is 0 Å². The van der Waals surface area contributed by atoms with Gasteiger partial charge in [-0.1, -0.05) is 44.5 Å². The van der Waals surface area contributed by atoms with Crippen LogP contribution < -0.4 is 0 Å². The normalized spacial score (nSPS) is 15.1. The van der Waals surface area contributed by atoms with Gasteiger partial charge in [-0.3, -0.25) is 5.10 Å². The van der Waals surface area contributed by atoms with Crippen molar-refractivity contribution in [1.29, 1.82) is 0 Å². The zero-order valence-corrected chi connectivity index (χ0v) is 13.2. The van der Waals surface area contributed by atoms with Gasteiger partial charge in [0.15, 0.2) is 5.82 Å². The van der Waals surface area contributed by atoms with Crippen molar-refractivity contribution < 1.29 is 5.11 Å². The quantitative estimate of drug-likeness (QED) is 0.902. The highest BCUT2D eigenvalue weighted by atomic mass is 35.5. The van der Waals surface area contributed by atoms with E-state index in [0.29, 0.717) is 10.8 Å². The van der Waals surface area contributed by atoms with Crippen LogP contribution >= 0.6 is 23.4 Å². The van der Waals surface area contributed by atoms with E-state index >= 15 is 0 Å². The molecule has 0 amide bonds. The topological polar surface area (TPSA) is 61.8 Å². The molecule has 0 saturated carbocycles. The number of aromatic nitrogens is 3. The molecule has 0 fully saturated rings. The van der Waals surface area contributed by atoms with Crippen molar-refractivity contribution in [3.8, 4) is 0 Å². The Bertz CT molecular complexity index is 537. The number of halogens is 1. The molecular formula is C14H18ClN3OS. The highest BCUT2D eigenvalue weighted by Crippen LogP contribution is 2.44. The van der Waals surface area contributed by atoms with E-state index in [1.807, 2.05) is 12.1 Å². The first-order chi connectivity index (χ1) is 9.37. The highest BCUT2D eigenvalue weighted by molar-refractivity contribution is 8.00. The molecule has 2 atom stereocenters. The molecule has 2 unspecified atom stereocenters. The van der Waals surface area contributed by atoms with Crippen molar-refractivity contribution in [1.82, 2.24) is 15.2 Å². The summed E-state index contributed by atoms with van der Waals surface area (Å²) in [6, 6.07) is 7.21. The molecule has 1 aromatic heterocycles. The van der Waals surface area contributed by atoms with Crippen molar-refractivity contribution >= 4 is 23.4 Å². The summed E-state index contributed by atoms with van der Waals surface area (Å²) < 4.78 is -0.0152. The molecule has 0 aliphatic rings. The summed E-state index contributed by atoms with van der Waals surface area (Å²) in [4.78, 5) is 4.19. The van der Waals surface area contributed by atoms with Crippen LogP contribution in [0, 0.1) is 0 Å². The molecular weight excluding hydrogens is 294 g/mol. The number of aromatic amines is 1. The standard InChI is InChI=1S/C14H18ClN3OS/c1-14(2,3)20-12(13-16-8-17-18-13)11(19)9-4-6-10(15)7-5-9/h4-8,11-12,19H,1-3H3,(H,16,17,18). The third-order valence-corrected chi connectivity index (χ3v) is 4.35. The van der Waals surface area contributed by atoms with Crippen LogP contribution in [-0.4, -0.2) is 25.0 Å². The molecule has 0 saturated heterocycles. The third kappa shape index (κ3) is 3.98. The average Bonchev–Trinajstić information content (AvgIpc) is 2.89. The van der Waals surface area contributed by atoms with Gasteiger partial charge in [0.05, 0.1) is 11.4 Å². The smallest absolute Gasteiger partial charge is 0.166 e. The van der Waals surface area contributed by atoms with Gasteiger partial charge in [-0.25, -0.2) is 4.98 Å². The Morgan fingerprint density at radius 1 is 1.25 bits per heavy atom. The molecule has 2 N–H and O–H groups in total. The zero-order valence-electron chi connectivity index (χ0n) is 11.7. The molecule has 4 nitrogen and oxygen atoms in total. The lowest BCUT2D eigenvalue weighted by molar-refractivity contribution is 0.172. The van der Waals surface area contributed by atoms with Crippen LogP contribution in [0.15, 0.2) is 30.6 Å². The predicted octanol–water partition coefficient (Wildman–Crippen LogP) is 3.76. The fourth-order valence-corrected chi connectivity index (χ4v) is 3.22. The molecule has 1 aromatic carbocycles. The minimum atomic E-state index is -0.688. The first-order valence-electron chi connectivity index (χ1n) is 6.34. The van der Waals surface area contributed by atoms with Crippen LogP contribution in [0.3, 0.4) is 0 Å². The first kappa shape index (κ1) is 15.4. The zero-order chi connectivity index (χ0) is 14.8. The molecule has 0 bridgehead atoms. The Balaban J connectivity index is 2.28. The van der Waals surface area contributed by atoms with Gasteiger partial charge in [0, 0.05) is 9.77 Å². The van der Waals surface area contributed by atoms with Gasteiger partial charge in [0.2, 0.25) is 0 Å². The molecule has 1 heterocycles. The van der Waals surface area contributed by atoms with Crippen LogP contribution in [0.4, 0.5) is 0 Å². The number of hydrogen-bond acceptors (Lipinski definition) is 4. The van der Waals surface area contributed by atoms with Crippen molar-refractivity contribution in [3.63, 3.8) is 0 Å². The lowest BCUT2D eigenvalue weighted by atomic mass is 10.1. The van der Waals surface area contributed by atoms with Crippen LogP contribution in [0.1, 0.15) is 43.5 Å². The minimum Gasteiger partial charge on any atom is -0.387 e. The fourth-order valence-electron chi connectivity index (χ4n) is 1.83. The number of aliphatic hydroxyl groups excluding tert-OH is 1. The van der Waals surface area contributed by atoms with Gasteiger partial charge in [0.1, 0.15) is 6.33 Å². The first-order valence-corrected chi connectivity index (χ1v) is 7.59. The van der Waals surface area contributed by atoms with Crippen molar-refractivity contribution in [2.24, 2.45) is 0 Å². The second kappa shape index (κ2) is 6.16. The summed E-state index contributed by atoms with van der Waals surface area (Å²) in [5.74, 6) is 0.604. The van der Waals surface area contributed by atoms with Crippen molar-refractivity contribution in [2.45, 2.75) is 36.9 Å². The lowest BCUT2D eigenvalue weighted by Gasteiger charge is -2.27. The molecule has 6 heteroatoms. The largest absolute Gasteiger partial charge is 0.387 e. The monoisotopic (exact) mass is 311 g/mol. The number of benzene rings is 1. The molecule has 2 aromatic rings. The summed E-state index contributed by atoms with van der Waals surface area (Å²) >= 11 is 7.52. The van der Waals surface area contributed by atoms with Gasteiger partial charge in [-0.05, 0) is 17.7 Å². The van der Waals surface area contributed by atoms with E-state index in [-0.39, 0.29) is 10.00 Å².